The first kappa shape index (κ1) is 26.6. The molecule has 0 radical (unpaired) electrons. The van der Waals surface area contributed by atoms with Crippen LogP contribution >= 0.6 is 7.82 Å². The molecule has 194 valence electrons. The van der Waals surface area contributed by atoms with Crippen LogP contribution in [-0.4, -0.2) is 29.7 Å². The Morgan fingerprint density at radius 2 is 1.46 bits per heavy atom. The predicted octanol–water partition coefficient (Wildman–Crippen LogP) is 5.83. The number of aryl methyl sites for hydroxylation is 1. The largest absolute Gasteiger partial charge is 0.478 e. The Bertz CT molecular complexity index is 1220. The number of benzene rings is 3. The molecule has 0 heterocycles. The summed E-state index contributed by atoms with van der Waals surface area (Å²) in [5, 5.41) is 0. The molecule has 0 atom stereocenters. The van der Waals surface area contributed by atoms with Gasteiger partial charge in [-0.15, -0.1) is 0 Å². The zero-order valence-electron chi connectivity index (χ0n) is 20.4. The molecule has 0 unspecified atom stereocenters. The number of hydrogen-bond acceptors (Lipinski definition) is 8. The van der Waals surface area contributed by atoms with Crippen molar-refractivity contribution >= 4 is 25.5 Å². The Hall–Kier alpha value is -3.49. The Kier molecular flexibility index (Phi) is 8.74. The molecule has 1 aliphatic rings. The number of nitrogens with two attached hydrogens (primary N) is 1. The molecule has 0 aliphatic heterocycles. The number of nitrogens with zero attached hydrogens (tertiary/aromatic N) is 1. The highest BCUT2D eigenvalue weighted by Gasteiger charge is 2.39. The number of carbonyl (C=O) groups is 2. The fraction of sp³-hybridized carbons (Fsp3) is 0.259. The summed E-state index contributed by atoms with van der Waals surface area (Å²) < 4.78 is 34.8. The van der Waals surface area contributed by atoms with E-state index in [-0.39, 0.29) is 24.8 Å². The van der Waals surface area contributed by atoms with Gasteiger partial charge < -0.3 is 10.5 Å². The SMILES string of the molecule is Cc1ccc(C(=O)N(C(=O)OCOP(=O)(OCc2ccccc2)OCc2ccccc2)C2CC2)cc1N. The Morgan fingerprint density at radius 3 is 1.97 bits per heavy atom. The van der Waals surface area contributed by atoms with Gasteiger partial charge in [0.15, 0.2) is 0 Å². The first-order chi connectivity index (χ1) is 17.8. The summed E-state index contributed by atoms with van der Waals surface area (Å²) in [5.74, 6) is -0.525. The fourth-order valence-electron chi connectivity index (χ4n) is 3.42. The highest BCUT2D eigenvalue weighted by Crippen LogP contribution is 2.51. The Labute approximate surface area is 215 Å². The smallest absolute Gasteiger partial charge is 0.421 e. The summed E-state index contributed by atoms with van der Waals surface area (Å²) in [7, 11) is -4.14. The van der Waals surface area contributed by atoms with Crippen LogP contribution in [0.15, 0.2) is 78.9 Å². The van der Waals surface area contributed by atoms with Gasteiger partial charge in [0.1, 0.15) is 0 Å². The van der Waals surface area contributed by atoms with Gasteiger partial charge in [0.05, 0.1) is 13.2 Å². The van der Waals surface area contributed by atoms with E-state index >= 15 is 0 Å². The van der Waals surface area contributed by atoms with Crippen LogP contribution in [0.3, 0.4) is 0 Å². The van der Waals surface area contributed by atoms with E-state index in [2.05, 4.69) is 0 Å². The minimum atomic E-state index is -4.14. The van der Waals surface area contributed by atoms with Crippen molar-refractivity contribution in [3.8, 4) is 0 Å². The van der Waals surface area contributed by atoms with Crippen molar-refractivity contribution in [2.24, 2.45) is 0 Å². The predicted molar refractivity (Wildman–Crippen MR) is 137 cm³/mol. The number of carbonyl (C=O) groups excluding carboxylic acids is 2. The molecule has 37 heavy (non-hydrogen) atoms. The molecule has 0 bridgehead atoms. The van der Waals surface area contributed by atoms with E-state index in [9.17, 15) is 14.2 Å². The lowest BCUT2D eigenvalue weighted by Gasteiger charge is -2.22. The topological polar surface area (TPSA) is 117 Å². The average molecular weight is 525 g/mol. The quantitative estimate of drug-likeness (QED) is 0.189. The molecule has 3 aromatic rings. The summed E-state index contributed by atoms with van der Waals surface area (Å²) >= 11 is 0. The van der Waals surface area contributed by atoms with Crippen LogP contribution in [0, 0.1) is 6.92 Å². The molecule has 9 nitrogen and oxygen atoms in total. The van der Waals surface area contributed by atoms with E-state index in [4.69, 9.17) is 24.0 Å². The number of phosphoric acid groups is 1. The van der Waals surface area contributed by atoms with Crippen molar-refractivity contribution < 1.29 is 32.5 Å². The second kappa shape index (κ2) is 12.2. The normalized spacial score (nSPS) is 13.2. The molecule has 1 fully saturated rings. The molecular weight excluding hydrogens is 495 g/mol. The van der Waals surface area contributed by atoms with Gasteiger partial charge in [0.25, 0.3) is 5.91 Å². The van der Waals surface area contributed by atoms with Crippen molar-refractivity contribution in [1.82, 2.24) is 4.90 Å². The molecule has 4 rings (SSSR count). The molecule has 3 aromatic carbocycles. The monoisotopic (exact) mass is 524 g/mol. The van der Waals surface area contributed by atoms with Crippen molar-refractivity contribution in [1.29, 1.82) is 0 Å². The number of nitrogen functional groups attached to an aromatic ring is 1. The third kappa shape index (κ3) is 7.50. The van der Waals surface area contributed by atoms with E-state index in [1.54, 1.807) is 36.4 Å². The molecule has 1 aliphatic carbocycles. The lowest BCUT2D eigenvalue weighted by molar-refractivity contribution is 0.00423. The van der Waals surface area contributed by atoms with Gasteiger partial charge in [-0.05, 0) is 48.6 Å². The summed E-state index contributed by atoms with van der Waals surface area (Å²) in [6, 6.07) is 22.8. The third-order valence-electron chi connectivity index (χ3n) is 5.71. The number of phosphoric ester groups is 1. The molecule has 2 N–H and O–H groups in total. The van der Waals surface area contributed by atoms with Crippen LogP contribution in [0.5, 0.6) is 0 Å². The highest BCUT2D eigenvalue weighted by molar-refractivity contribution is 7.48. The summed E-state index contributed by atoms with van der Waals surface area (Å²) in [6.45, 7) is 1.02. The van der Waals surface area contributed by atoms with E-state index in [1.807, 2.05) is 43.3 Å². The number of anilines is 1. The van der Waals surface area contributed by atoms with Gasteiger partial charge in [-0.3, -0.25) is 13.8 Å². The van der Waals surface area contributed by atoms with Crippen LogP contribution in [0.2, 0.25) is 0 Å². The van der Waals surface area contributed by atoms with Gasteiger partial charge in [-0.1, -0.05) is 66.7 Å². The number of rotatable bonds is 11. The van der Waals surface area contributed by atoms with E-state index < -0.39 is 26.6 Å². The molecule has 2 amide bonds. The number of imide groups is 1. The summed E-state index contributed by atoms with van der Waals surface area (Å²) in [6.07, 6.45) is 0.424. The lowest BCUT2D eigenvalue weighted by Crippen LogP contribution is -2.39. The zero-order chi connectivity index (χ0) is 26.3. The lowest BCUT2D eigenvalue weighted by atomic mass is 10.1. The van der Waals surface area contributed by atoms with Crippen LogP contribution in [0.4, 0.5) is 10.5 Å². The summed E-state index contributed by atoms with van der Waals surface area (Å²) in [5.41, 5.74) is 9.00. The number of ether oxygens (including phenoxy) is 1. The molecule has 0 aromatic heterocycles. The van der Waals surface area contributed by atoms with Crippen molar-refractivity contribution in [2.75, 3.05) is 12.5 Å². The Balaban J connectivity index is 1.39. The fourth-order valence-corrected chi connectivity index (χ4v) is 4.44. The van der Waals surface area contributed by atoms with Crippen LogP contribution in [0.1, 0.15) is 39.9 Å². The molecule has 0 spiro atoms. The minimum absolute atomic E-state index is 0.0393. The summed E-state index contributed by atoms with van der Waals surface area (Å²) in [4.78, 5) is 26.9. The Morgan fingerprint density at radius 1 is 0.892 bits per heavy atom. The third-order valence-corrected chi connectivity index (χ3v) is 7.02. The van der Waals surface area contributed by atoms with Gasteiger partial charge >= 0.3 is 13.9 Å². The van der Waals surface area contributed by atoms with E-state index in [0.717, 1.165) is 21.6 Å². The van der Waals surface area contributed by atoms with E-state index in [1.165, 1.54) is 6.07 Å². The van der Waals surface area contributed by atoms with Gasteiger partial charge in [-0.25, -0.2) is 18.8 Å². The van der Waals surface area contributed by atoms with Crippen LogP contribution in [0.25, 0.3) is 0 Å². The molecule has 10 heteroatoms. The zero-order valence-corrected chi connectivity index (χ0v) is 21.3. The van der Waals surface area contributed by atoms with Gasteiger partial charge in [0, 0.05) is 17.3 Å². The van der Waals surface area contributed by atoms with Gasteiger partial charge in [0.2, 0.25) is 6.79 Å². The highest BCUT2D eigenvalue weighted by atomic mass is 31.2. The number of amides is 2. The van der Waals surface area contributed by atoms with Crippen molar-refractivity contribution in [3.05, 3.63) is 101 Å². The average Bonchev–Trinajstić information content (AvgIpc) is 3.74. The molecule has 0 saturated heterocycles. The van der Waals surface area contributed by atoms with Gasteiger partial charge in [-0.2, -0.15) is 0 Å². The maximum atomic E-state index is 13.3. The van der Waals surface area contributed by atoms with Crippen molar-refractivity contribution in [3.63, 3.8) is 0 Å². The molecular formula is C27H29N2O7P. The maximum Gasteiger partial charge on any atom is 0.478 e. The first-order valence-electron chi connectivity index (χ1n) is 11.8. The van der Waals surface area contributed by atoms with Crippen LogP contribution in [-0.2, 0) is 36.1 Å². The first-order valence-corrected chi connectivity index (χ1v) is 13.3. The minimum Gasteiger partial charge on any atom is -0.421 e. The van der Waals surface area contributed by atoms with Crippen LogP contribution < -0.4 is 5.73 Å². The molecule has 1 saturated carbocycles. The maximum absolute atomic E-state index is 13.3. The second-order valence-electron chi connectivity index (χ2n) is 8.60. The standard InChI is InChI=1S/C27H29N2O7P/c1-20-12-13-23(16-25(20)28)26(30)29(24-14-15-24)27(31)33-19-36-37(32,34-17-21-8-4-2-5-9-21)35-18-22-10-6-3-7-11-22/h2-13,16,24H,14-15,17-19,28H2,1H3. The second-order valence-corrected chi connectivity index (χ2v) is 10.3. The van der Waals surface area contributed by atoms with Crippen molar-refractivity contribution in [2.45, 2.75) is 39.0 Å². The van der Waals surface area contributed by atoms with E-state index in [0.29, 0.717) is 18.5 Å². The number of hydrogen-bond donors (Lipinski definition) is 1.